The topological polar surface area (TPSA) is 65.6 Å². The molecule has 1 fully saturated rings. The molecule has 1 aliphatic rings. The van der Waals surface area contributed by atoms with E-state index in [1.807, 2.05) is 48.5 Å². The van der Waals surface area contributed by atoms with E-state index in [-0.39, 0.29) is 30.7 Å². The highest BCUT2D eigenvalue weighted by molar-refractivity contribution is 6.00. The summed E-state index contributed by atoms with van der Waals surface area (Å²) in [4.78, 5) is 15.1. The summed E-state index contributed by atoms with van der Waals surface area (Å²) >= 11 is 0. The van der Waals surface area contributed by atoms with Gasteiger partial charge in [-0.1, -0.05) is 18.2 Å². The predicted molar refractivity (Wildman–Crippen MR) is 123 cm³/mol. The van der Waals surface area contributed by atoms with Crippen molar-refractivity contribution in [2.24, 2.45) is 0 Å². The van der Waals surface area contributed by atoms with Gasteiger partial charge in [0.2, 0.25) is 0 Å². The van der Waals surface area contributed by atoms with Crippen molar-refractivity contribution in [2.75, 3.05) is 51.7 Å². The van der Waals surface area contributed by atoms with E-state index in [9.17, 15) is 4.79 Å². The first-order chi connectivity index (χ1) is 13.3. The normalized spacial score (nSPS) is 13.6. The number of amides is 1. The lowest BCUT2D eigenvalue weighted by Gasteiger charge is -2.27. The average Bonchev–Trinajstić information content (AvgIpc) is 2.72. The van der Waals surface area contributed by atoms with Crippen molar-refractivity contribution in [3.05, 3.63) is 54.1 Å². The predicted octanol–water partition coefficient (Wildman–Crippen LogP) is 3.31. The van der Waals surface area contributed by atoms with Gasteiger partial charge in [-0.05, 0) is 37.2 Å². The van der Waals surface area contributed by atoms with Crippen LogP contribution in [-0.4, -0.2) is 57.2 Å². The van der Waals surface area contributed by atoms with Gasteiger partial charge >= 0.3 is 0 Å². The van der Waals surface area contributed by atoms with Crippen molar-refractivity contribution in [2.45, 2.75) is 6.42 Å². The maximum Gasteiger partial charge on any atom is 0.253 e. The quantitative estimate of drug-likeness (QED) is 0.549. The van der Waals surface area contributed by atoms with E-state index in [0.717, 1.165) is 56.3 Å². The number of ether oxygens (including phenoxy) is 1. The zero-order chi connectivity index (χ0) is 18.9. The monoisotopic (exact) mass is 440 g/mol. The summed E-state index contributed by atoms with van der Waals surface area (Å²) < 4.78 is 5.26. The number of nitrogens with one attached hydrogen (secondary N) is 3. The second kappa shape index (κ2) is 13.3. The fraction of sp³-hybridized carbons (Fsp3) is 0.381. The largest absolute Gasteiger partial charge is 0.497 e. The Morgan fingerprint density at radius 3 is 2.62 bits per heavy atom. The second-order valence-electron chi connectivity index (χ2n) is 6.60. The number of rotatable bonds is 8. The zero-order valence-corrected chi connectivity index (χ0v) is 18.3. The van der Waals surface area contributed by atoms with Crippen LogP contribution in [0.3, 0.4) is 0 Å². The molecule has 0 radical (unpaired) electrons. The van der Waals surface area contributed by atoms with Crippen molar-refractivity contribution < 1.29 is 9.53 Å². The van der Waals surface area contributed by atoms with Crippen molar-refractivity contribution in [1.29, 1.82) is 0 Å². The van der Waals surface area contributed by atoms with Gasteiger partial charge in [-0.25, -0.2) is 0 Å². The van der Waals surface area contributed by atoms with E-state index >= 15 is 0 Å². The Balaban J connectivity index is 0.00000210. The fourth-order valence-corrected chi connectivity index (χ4v) is 3.18. The zero-order valence-electron chi connectivity index (χ0n) is 16.6. The summed E-state index contributed by atoms with van der Waals surface area (Å²) in [6.45, 7) is 5.97. The van der Waals surface area contributed by atoms with Crippen LogP contribution in [-0.2, 0) is 0 Å². The van der Waals surface area contributed by atoms with E-state index in [1.54, 1.807) is 7.11 Å². The highest BCUT2D eigenvalue weighted by Gasteiger charge is 2.12. The number of para-hydroxylation sites is 1. The number of hydrogen-bond acceptors (Lipinski definition) is 5. The van der Waals surface area contributed by atoms with Gasteiger partial charge in [-0.2, -0.15) is 0 Å². The molecule has 0 atom stereocenters. The lowest BCUT2D eigenvalue weighted by atomic mass is 10.1. The Morgan fingerprint density at radius 1 is 1.10 bits per heavy atom. The third-order valence-electron chi connectivity index (χ3n) is 4.67. The van der Waals surface area contributed by atoms with Crippen LogP contribution in [0.25, 0.3) is 0 Å². The number of methoxy groups -OCH3 is 1. The van der Waals surface area contributed by atoms with Gasteiger partial charge < -0.3 is 25.6 Å². The maximum atomic E-state index is 12.6. The molecular weight excluding hydrogens is 411 g/mol. The van der Waals surface area contributed by atoms with Crippen molar-refractivity contribution >= 4 is 42.1 Å². The molecule has 1 aliphatic heterocycles. The third kappa shape index (κ3) is 7.74. The molecule has 1 heterocycles. The Kier molecular flexibility index (Phi) is 11.5. The van der Waals surface area contributed by atoms with E-state index in [1.165, 1.54) is 0 Å². The van der Waals surface area contributed by atoms with E-state index < -0.39 is 0 Å². The van der Waals surface area contributed by atoms with Gasteiger partial charge in [0.1, 0.15) is 5.75 Å². The van der Waals surface area contributed by atoms with Gasteiger partial charge in [0.05, 0.1) is 18.4 Å². The molecule has 3 rings (SSSR count). The standard InChI is InChI=1S/C21H28N4O2.2ClH/c1-27-18-7-4-6-17(16-18)24-20-9-3-2-8-19(20)21(26)23-10-5-13-25-14-11-22-12-15-25;;/h2-4,6-9,16,22,24H,5,10-15H2,1H3,(H,23,26);2*1H. The average molecular weight is 441 g/mol. The number of carbonyl (C=O) groups excluding carboxylic acids is 1. The summed E-state index contributed by atoms with van der Waals surface area (Å²) in [5, 5.41) is 9.71. The third-order valence-corrected chi connectivity index (χ3v) is 4.67. The summed E-state index contributed by atoms with van der Waals surface area (Å²) in [6, 6.07) is 15.2. The molecule has 0 spiro atoms. The van der Waals surface area contributed by atoms with Crippen LogP contribution in [0.4, 0.5) is 11.4 Å². The van der Waals surface area contributed by atoms with E-state index in [4.69, 9.17) is 4.74 Å². The highest BCUT2D eigenvalue weighted by atomic mass is 35.5. The summed E-state index contributed by atoms with van der Waals surface area (Å²) in [6.07, 6.45) is 0.956. The summed E-state index contributed by atoms with van der Waals surface area (Å²) in [5.74, 6) is 0.719. The first-order valence-corrected chi connectivity index (χ1v) is 9.47. The van der Waals surface area contributed by atoms with Crippen molar-refractivity contribution in [3.63, 3.8) is 0 Å². The lowest BCUT2D eigenvalue weighted by molar-refractivity contribution is 0.0952. The lowest BCUT2D eigenvalue weighted by Crippen LogP contribution is -2.44. The Morgan fingerprint density at radius 2 is 1.86 bits per heavy atom. The molecule has 1 amide bonds. The molecule has 29 heavy (non-hydrogen) atoms. The Hall–Kier alpha value is -1.99. The van der Waals surface area contributed by atoms with Crippen LogP contribution < -0.4 is 20.7 Å². The number of carbonyl (C=O) groups is 1. The number of benzene rings is 2. The number of nitrogens with zero attached hydrogens (tertiary/aromatic N) is 1. The van der Waals surface area contributed by atoms with Crippen molar-refractivity contribution in [3.8, 4) is 5.75 Å². The SMILES string of the molecule is COc1cccc(Nc2ccccc2C(=O)NCCCN2CCNCC2)c1.Cl.Cl. The van der Waals surface area contributed by atoms with Crippen LogP contribution in [0.1, 0.15) is 16.8 Å². The number of piperazine rings is 1. The molecule has 0 bridgehead atoms. The van der Waals surface area contributed by atoms with E-state index in [2.05, 4.69) is 20.9 Å². The molecule has 2 aromatic rings. The van der Waals surface area contributed by atoms with Crippen LogP contribution in [0.2, 0.25) is 0 Å². The van der Waals surface area contributed by atoms with Crippen LogP contribution >= 0.6 is 24.8 Å². The second-order valence-corrected chi connectivity index (χ2v) is 6.60. The Labute approximate surface area is 185 Å². The molecule has 0 aromatic heterocycles. The molecule has 160 valence electrons. The smallest absolute Gasteiger partial charge is 0.253 e. The number of anilines is 2. The summed E-state index contributed by atoms with van der Waals surface area (Å²) in [5.41, 5.74) is 2.31. The van der Waals surface area contributed by atoms with Crippen LogP contribution in [0.5, 0.6) is 5.75 Å². The molecule has 6 nitrogen and oxygen atoms in total. The first-order valence-electron chi connectivity index (χ1n) is 9.47. The molecule has 2 aromatic carbocycles. The molecule has 0 aliphatic carbocycles. The minimum absolute atomic E-state index is 0. The molecule has 0 unspecified atom stereocenters. The van der Waals surface area contributed by atoms with E-state index in [0.29, 0.717) is 12.1 Å². The molecule has 3 N–H and O–H groups in total. The number of halogens is 2. The van der Waals surface area contributed by atoms with Gasteiger partial charge in [-0.3, -0.25) is 4.79 Å². The Bertz CT molecular complexity index is 755. The van der Waals surface area contributed by atoms with Crippen LogP contribution in [0, 0.1) is 0 Å². The summed E-state index contributed by atoms with van der Waals surface area (Å²) in [7, 11) is 1.64. The molecule has 1 saturated heterocycles. The highest BCUT2D eigenvalue weighted by Crippen LogP contribution is 2.23. The van der Waals surface area contributed by atoms with Crippen LogP contribution in [0.15, 0.2) is 48.5 Å². The van der Waals surface area contributed by atoms with Gasteiger partial charge in [-0.15, -0.1) is 24.8 Å². The number of hydrogen-bond donors (Lipinski definition) is 3. The van der Waals surface area contributed by atoms with Gasteiger partial charge in [0, 0.05) is 44.5 Å². The maximum absolute atomic E-state index is 12.6. The van der Waals surface area contributed by atoms with Crippen molar-refractivity contribution in [1.82, 2.24) is 15.5 Å². The van der Waals surface area contributed by atoms with Gasteiger partial charge in [0.25, 0.3) is 5.91 Å². The molecule has 0 saturated carbocycles. The minimum Gasteiger partial charge on any atom is -0.497 e. The molecule has 8 heteroatoms. The minimum atomic E-state index is -0.0543. The molecular formula is C21H30Cl2N4O2. The fourth-order valence-electron chi connectivity index (χ4n) is 3.18. The van der Waals surface area contributed by atoms with Gasteiger partial charge in [0.15, 0.2) is 0 Å². The first kappa shape index (κ1) is 25.0.